The van der Waals surface area contributed by atoms with Gasteiger partial charge in [-0.05, 0) is 69.0 Å². The number of sulfonamides is 1. The smallest absolute Gasteiger partial charge is 0.240 e. The maximum absolute atomic E-state index is 12.1. The van der Waals surface area contributed by atoms with Gasteiger partial charge in [-0.25, -0.2) is 13.1 Å². The van der Waals surface area contributed by atoms with E-state index in [1.165, 1.54) is 17.5 Å². The summed E-state index contributed by atoms with van der Waals surface area (Å²) < 4.78 is 26.9. The molecule has 1 aromatic carbocycles. The molecule has 19 heavy (non-hydrogen) atoms. The number of rotatable bonds is 6. The van der Waals surface area contributed by atoms with E-state index in [2.05, 4.69) is 10.0 Å². The minimum Gasteiger partial charge on any atom is -0.320 e. The van der Waals surface area contributed by atoms with Crippen molar-refractivity contribution >= 4 is 10.0 Å². The highest BCUT2D eigenvalue weighted by Gasteiger charge is 2.16. The van der Waals surface area contributed by atoms with Crippen molar-refractivity contribution in [2.75, 3.05) is 20.1 Å². The Kier molecular flexibility index (Phi) is 4.96. The van der Waals surface area contributed by atoms with E-state index in [1.807, 2.05) is 19.2 Å². The van der Waals surface area contributed by atoms with E-state index in [9.17, 15) is 8.42 Å². The summed E-state index contributed by atoms with van der Waals surface area (Å²) in [6, 6.07) is 5.54. The molecule has 4 nitrogen and oxygen atoms in total. The Hall–Kier alpha value is -0.910. The van der Waals surface area contributed by atoms with Crippen LogP contribution in [-0.2, 0) is 22.9 Å². The van der Waals surface area contributed by atoms with Crippen molar-refractivity contribution in [3.05, 3.63) is 29.3 Å². The standard InChI is InChI=1S/C14H22N2O2S/c1-15-9-4-10-16-19(17,18)14-8-7-12-5-2-3-6-13(12)11-14/h7-8,11,15-16H,2-6,9-10H2,1H3. The number of fused-ring (bicyclic) bond motifs is 1. The van der Waals surface area contributed by atoms with Crippen molar-refractivity contribution in [2.45, 2.75) is 37.0 Å². The predicted octanol–water partition coefficient (Wildman–Crippen LogP) is 1.45. The van der Waals surface area contributed by atoms with E-state index < -0.39 is 10.0 Å². The monoisotopic (exact) mass is 282 g/mol. The molecule has 1 aromatic rings. The zero-order chi connectivity index (χ0) is 13.7. The number of benzene rings is 1. The van der Waals surface area contributed by atoms with Crippen LogP contribution < -0.4 is 10.0 Å². The molecule has 106 valence electrons. The Balaban J connectivity index is 2.07. The third-order valence-corrected chi connectivity index (χ3v) is 4.98. The third kappa shape index (κ3) is 3.78. The van der Waals surface area contributed by atoms with Gasteiger partial charge in [0.1, 0.15) is 0 Å². The maximum Gasteiger partial charge on any atom is 0.240 e. The van der Waals surface area contributed by atoms with Crippen LogP contribution in [0.1, 0.15) is 30.4 Å². The Morgan fingerprint density at radius 2 is 1.84 bits per heavy atom. The van der Waals surface area contributed by atoms with E-state index in [4.69, 9.17) is 0 Å². The lowest BCUT2D eigenvalue weighted by Gasteiger charge is -2.16. The largest absolute Gasteiger partial charge is 0.320 e. The van der Waals surface area contributed by atoms with Crippen molar-refractivity contribution in [1.82, 2.24) is 10.0 Å². The highest BCUT2D eigenvalue weighted by Crippen LogP contribution is 2.23. The van der Waals surface area contributed by atoms with Crippen molar-refractivity contribution in [3.8, 4) is 0 Å². The molecule has 0 saturated heterocycles. The van der Waals surface area contributed by atoms with Crippen LogP contribution in [0.25, 0.3) is 0 Å². The van der Waals surface area contributed by atoms with Crippen LogP contribution in [0.3, 0.4) is 0 Å². The van der Waals surface area contributed by atoms with Crippen LogP contribution in [0.5, 0.6) is 0 Å². The molecule has 0 spiro atoms. The third-order valence-electron chi connectivity index (χ3n) is 3.53. The molecule has 0 bridgehead atoms. The number of hydrogen-bond donors (Lipinski definition) is 2. The van der Waals surface area contributed by atoms with E-state index in [-0.39, 0.29) is 0 Å². The summed E-state index contributed by atoms with van der Waals surface area (Å²) in [6.45, 7) is 1.28. The summed E-state index contributed by atoms with van der Waals surface area (Å²) in [7, 11) is -1.49. The molecule has 2 N–H and O–H groups in total. The van der Waals surface area contributed by atoms with Gasteiger partial charge >= 0.3 is 0 Å². The molecule has 0 heterocycles. The highest BCUT2D eigenvalue weighted by atomic mass is 32.2. The van der Waals surface area contributed by atoms with Gasteiger partial charge in [0.25, 0.3) is 0 Å². The quantitative estimate of drug-likeness (QED) is 0.777. The lowest BCUT2D eigenvalue weighted by Crippen LogP contribution is -2.27. The molecule has 0 saturated carbocycles. The Morgan fingerprint density at radius 1 is 1.11 bits per heavy atom. The topological polar surface area (TPSA) is 58.2 Å². The summed E-state index contributed by atoms with van der Waals surface area (Å²) in [5.41, 5.74) is 2.50. The van der Waals surface area contributed by atoms with Gasteiger partial charge in [0.15, 0.2) is 0 Å². The molecule has 1 aliphatic rings. The summed E-state index contributed by atoms with van der Waals surface area (Å²) in [5.74, 6) is 0. The van der Waals surface area contributed by atoms with Gasteiger partial charge < -0.3 is 5.32 Å². The van der Waals surface area contributed by atoms with Crippen LogP contribution in [0.2, 0.25) is 0 Å². The van der Waals surface area contributed by atoms with Gasteiger partial charge in [0, 0.05) is 6.54 Å². The fourth-order valence-electron chi connectivity index (χ4n) is 2.43. The van der Waals surface area contributed by atoms with Crippen molar-refractivity contribution in [1.29, 1.82) is 0 Å². The summed E-state index contributed by atoms with van der Waals surface area (Å²) in [6.07, 6.45) is 5.23. The Bertz CT molecular complexity index is 526. The first-order valence-electron chi connectivity index (χ1n) is 6.89. The molecule has 1 aliphatic carbocycles. The number of aryl methyl sites for hydroxylation is 2. The van der Waals surface area contributed by atoms with Crippen molar-refractivity contribution < 1.29 is 8.42 Å². The zero-order valence-corrected chi connectivity index (χ0v) is 12.2. The van der Waals surface area contributed by atoms with Gasteiger partial charge in [0.05, 0.1) is 4.90 Å². The Labute approximate surface area is 115 Å². The molecule has 0 amide bonds. The molecule has 0 radical (unpaired) electrons. The molecule has 0 aromatic heterocycles. The van der Waals surface area contributed by atoms with Gasteiger partial charge in [-0.3, -0.25) is 0 Å². The van der Waals surface area contributed by atoms with Crippen molar-refractivity contribution in [2.24, 2.45) is 0 Å². The summed E-state index contributed by atoms with van der Waals surface area (Å²) in [4.78, 5) is 0.401. The molecular weight excluding hydrogens is 260 g/mol. The van der Waals surface area contributed by atoms with Gasteiger partial charge in [0.2, 0.25) is 10.0 Å². The van der Waals surface area contributed by atoms with E-state index in [1.54, 1.807) is 6.07 Å². The highest BCUT2D eigenvalue weighted by molar-refractivity contribution is 7.89. The number of nitrogens with one attached hydrogen (secondary N) is 2. The average Bonchev–Trinajstić information content (AvgIpc) is 2.43. The molecule has 2 rings (SSSR count). The van der Waals surface area contributed by atoms with Crippen LogP contribution in [-0.4, -0.2) is 28.6 Å². The minimum absolute atomic E-state index is 0.401. The van der Waals surface area contributed by atoms with Crippen LogP contribution >= 0.6 is 0 Å². The molecule has 0 atom stereocenters. The molecule has 0 aliphatic heterocycles. The normalized spacial score (nSPS) is 15.2. The van der Waals surface area contributed by atoms with Crippen LogP contribution in [0.4, 0.5) is 0 Å². The molecule has 0 unspecified atom stereocenters. The van der Waals surface area contributed by atoms with Crippen molar-refractivity contribution in [3.63, 3.8) is 0 Å². The molecular formula is C14H22N2O2S. The molecule has 5 heteroatoms. The summed E-state index contributed by atoms with van der Waals surface area (Å²) >= 11 is 0. The fraction of sp³-hybridized carbons (Fsp3) is 0.571. The second-order valence-corrected chi connectivity index (χ2v) is 6.76. The SMILES string of the molecule is CNCCCNS(=O)(=O)c1ccc2c(c1)CCCC2. The van der Waals surface area contributed by atoms with Crippen LogP contribution in [0.15, 0.2) is 23.1 Å². The predicted molar refractivity (Wildman–Crippen MR) is 76.8 cm³/mol. The second kappa shape index (κ2) is 6.50. The average molecular weight is 282 g/mol. The lowest BCUT2D eigenvalue weighted by atomic mass is 9.92. The minimum atomic E-state index is -3.35. The molecule has 0 fully saturated rings. The first kappa shape index (κ1) is 14.5. The lowest BCUT2D eigenvalue weighted by molar-refractivity contribution is 0.576. The maximum atomic E-state index is 12.1. The first-order chi connectivity index (χ1) is 9.13. The zero-order valence-electron chi connectivity index (χ0n) is 11.4. The van der Waals surface area contributed by atoms with E-state index in [0.29, 0.717) is 11.4 Å². The first-order valence-corrected chi connectivity index (χ1v) is 8.38. The Morgan fingerprint density at radius 3 is 2.58 bits per heavy atom. The van der Waals surface area contributed by atoms with E-state index in [0.717, 1.165) is 32.2 Å². The number of hydrogen-bond acceptors (Lipinski definition) is 3. The van der Waals surface area contributed by atoms with Gasteiger partial charge in [-0.15, -0.1) is 0 Å². The fourth-order valence-corrected chi connectivity index (χ4v) is 3.56. The second-order valence-electron chi connectivity index (χ2n) is 4.99. The van der Waals surface area contributed by atoms with Gasteiger partial charge in [-0.2, -0.15) is 0 Å². The summed E-state index contributed by atoms with van der Waals surface area (Å²) in [5, 5.41) is 3.00. The van der Waals surface area contributed by atoms with Gasteiger partial charge in [-0.1, -0.05) is 6.07 Å². The van der Waals surface area contributed by atoms with Crippen LogP contribution in [0, 0.1) is 0 Å². The van der Waals surface area contributed by atoms with E-state index >= 15 is 0 Å².